The summed E-state index contributed by atoms with van der Waals surface area (Å²) in [5.41, 5.74) is 25.0. The molecule has 0 aromatic heterocycles. The van der Waals surface area contributed by atoms with Crippen molar-refractivity contribution in [1.82, 2.24) is 0 Å². The van der Waals surface area contributed by atoms with E-state index >= 15 is 0 Å². The van der Waals surface area contributed by atoms with E-state index in [0.717, 1.165) is 24.2 Å². The van der Waals surface area contributed by atoms with Gasteiger partial charge in [0, 0.05) is 27.9 Å². The third kappa shape index (κ3) is 6.98. The lowest BCUT2D eigenvalue weighted by Crippen LogP contribution is -2.28. The molecule has 0 aliphatic heterocycles. The topological polar surface area (TPSA) is 3.24 Å². The molecule has 0 saturated heterocycles. The summed E-state index contributed by atoms with van der Waals surface area (Å²) in [5.74, 6) is 0. The molecule has 330 valence electrons. The number of rotatable bonds is 10. The second-order valence-corrected chi connectivity index (χ2v) is 19.4. The molecule has 1 nitrogen and oxygen atoms in total. The highest BCUT2D eigenvalue weighted by molar-refractivity contribution is 5.91. The Morgan fingerprint density at radius 3 is 1.59 bits per heavy atom. The van der Waals surface area contributed by atoms with Gasteiger partial charge in [0.1, 0.15) is 0 Å². The lowest BCUT2D eigenvalue weighted by atomic mass is 9.67. The largest absolute Gasteiger partial charge is 0.310 e. The maximum absolute atomic E-state index is 2.56. The molecule has 1 spiro atoms. The van der Waals surface area contributed by atoms with Crippen LogP contribution in [0.15, 0.2) is 212 Å². The molecule has 12 rings (SSSR count). The molecule has 1 heteroatoms. The van der Waals surface area contributed by atoms with E-state index in [1.807, 2.05) is 0 Å². The molecule has 9 aromatic carbocycles. The van der Waals surface area contributed by atoms with Gasteiger partial charge in [-0.15, -0.1) is 0 Å². The van der Waals surface area contributed by atoms with E-state index < -0.39 is 0 Å². The second-order valence-electron chi connectivity index (χ2n) is 19.4. The Balaban J connectivity index is 0.871. The number of fused-ring (bicyclic) bond motifs is 8. The predicted molar refractivity (Wildman–Crippen MR) is 289 cm³/mol. The predicted octanol–water partition coefficient (Wildman–Crippen LogP) is 18.6. The van der Waals surface area contributed by atoms with Crippen LogP contribution in [0, 0.1) is 0 Å². The van der Waals surface area contributed by atoms with Crippen LogP contribution in [-0.2, 0) is 10.8 Å². The third-order valence-corrected chi connectivity index (χ3v) is 16.0. The number of anilines is 3. The summed E-state index contributed by atoms with van der Waals surface area (Å²) >= 11 is 0. The summed E-state index contributed by atoms with van der Waals surface area (Å²) < 4.78 is 0. The van der Waals surface area contributed by atoms with Gasteiger partial charge in [0.05, 0.1) is 0 Å². The summed E-state index contributed by atoms with van der Waals surface area (Å²) in [6.45, 7) is 4.73. The number of benzene rings is 9. The van der Waals surface area contributed by atoms with Gasteiger partial charge in [-0.1, -0.05) is 209 Å². The zero-order chi connectivity index (χ0) is 45.7. The monoisotopic (exact) mass is 875 g/mol. The highest BCUT2D eigenvalue weighted by Gasteiger charge is 2.44. The third-order valence-electron chi connectivity index (χ3n) is 16.0. The maximum atomic E-state index is 2.56. The average Bonchev–Trinajstić information content (AvgIpc) is 3.84. The van der Waals surface area contributed by atoms with Gasteiger partial charge >= 0.3 is 0 Å². The molecule has 0 unspecified atom stereocenters. The van der Waals surface area contributed by atoms with E-state index in [4.69, 9.17) is 0 Å². The first-order valence-electron chi connectivity index (χ1n) is 25.0. The van der Waals surface area contributed by atoms with Crippen LogP contribution < -0.4 is 4.90 Å². The fraction of sp³-hybridized carbons (Fsp3) is 0.164. The van der Waals surface area contributed by atoms with E-state index in [0.29, 0.717) is 0 Å². The Kier molecular flexibility index (Phi) is 10.7. The minimum atomic E-state index is -0.0724. The van der Waals surface area contributed by atoms with Crippen molar-refractivity contribution in [2.75, 3.05) is 4.90 Å². The van der Waals surface area contributed by atoms with Gasteiger partial charge in [0.25, 0.3) is 0 Å². The number of hydrogen-bond acceptors (Lipinski definition) is 1. The number of para-hydroxylation sites is 2. The van der Waals surface area contributed by atoms with Crippen LogP contribution in [0.4, 0.5) is 17.1 Å². The van der Waals surface area contributed by atoms with Crippen LogP contribution in [0.3, 0.4) is 0 Å². The first-order valence-corrected chi connectivity index (χ1v) is 25.0. The van der Waals surface area contributed by atoms with E-state index in [2.05, 4.69) is 243 Å². The molecule has 9 aromatic rings. The first-order chi connectivity index (χ1) is 33.6. The van der Waals surface area contributed by atoms with Crippen molar-refractivity contribution in [1.29, 1.82) is 0 Å². The van der Waals surface area contributed by atoms with Gasteiger partial charge in [0.2, 0.25) is 0 Å². The summed E-state index contributed by atoms with van der Waals surface area (Å²) in [6, 6.07) is 79.5. The zero-order valence-electron chi connectivity index (χ0n) is 39.3. The molecule has 0 N–H and O–H groups in total. The number of hydrogen-bond donors (Lipinski definition) is 0. The SMILES string of the molecule is CCC1(CC)c2cc(/C=C/c3ccc(-c4cc(-c5ccccc5)ccc4-c4ccc5c(c4)C4(CCCCC4)c4ccccc4-5)cc3)ccc2-c2ccc(N(c3ccccc3)c3ccccc3)cc21. The van der Waals surface area contributed by atoms with Gasteiger partial charge < -0.3 is 4.90 Å². The first kappa shape index (κ1) is 41.9. The number of nitrogens with zero attached hydrogens (tertiary/aromatic N) is 1. The summed E-state index contributed by atoms with van der Waals surface area (Å²) in [5, 5.41) is 0. The maximum Gasteiger partial charge on any atom is 0.0465 e. The molecular formula is C67H57N. The van der Waals surface area contributed by atoms with Crippen molar-refractivity contribution >= 4 is 29.2 Å². The van der Waals surface area contributed by atoms with E-state index in [1.54, 1.807) is 5.56 Å². The fourth-order valence-corrected chi connectivity index (χ4v) is 12.5. The van der Waals surface area contributed by atoms with Gasteiger partial charge in [-0.3, -0.25) is 0 Å². The Morgan fingerprint density at radius 2 is 0.882 bits per heavy atom. The molecule has 3 aliphatic rings. The van der Waals surface area contributed by atoms with Gasteiger partial charge in [-0.25, -0.2) is 0 Å². The van der Waals surface area contributed by atoms with Crippen LogP contribution in [0.5, 0.6) is 0 Å². The molecule has 0 radical (unpaired) electrons. The molecule has 1 saturated carbocycles. The van der Waals surface area contributed by atoms with Crippen molar-refractivity contribution in [2.24, 2.45) is 0 Å². The normalized spacial score (nSPS) is 14.9. The van der Waals surface area contributed by atoms with Crippen molar-refractivity contribution < 1.29 is 0 Å². The average molecular weight is 876 g/mol. The van der Waals surface area contributed by atoms with Gasteiger partial charge in [-0.05, 0) is 163 Å². The Bertz CT molecular complexity index is 3270. The Morgan fingerprint density at radius 1 is 0.353 bits per heavy atom. The lowest BCUT2D eigenvalue weighted by Gasteiger charge is -2.36. The highest BCUT2D eigenvalue weighted by Crippen LogP contribution is 2.57. The molecule has 0 amide bonds. The summed E-state index contributed by atoms with van der Waals surface area (Å²) in [6.07, 6.45) is 13.0. The van der Waals surface area contributed by atoms with Crippen LogP contribution in [-0.4, -0.2) is 0 Å². The molecule has 0 atom stereocenters. The van der Waals surface area contributed by atoms with Crippen molar-refractivity contribution in [3.8, 4) is 55.6 Å². The zero-order valence-corrected chi connectivity index (χ0v) is 39.3. The smallest absolute Gasteiger partial charge is 0.0465 e. The van der Waals surface area contributed by atoms with Crippen molar-refractivity contribution in [2.45, 2.75) is 69.6 Å². The van der Waals surface area contributed by atoms with Gasteiger partial charge in [-0.2, -0.15) is 0 Å². The standard InChI is InChI=1S/C67H57N/c1-3-66(4-2)63-43-48(31-37-58(63)60-40-36-55(46-65(60)66)68(53-21-11-6-12-22-53)54-23-13-7-14-24-54)28-27-47-29-32-50(33-30-47)61-44-51(49-19-9-5-10-20-49)34-38-56(61)52-35-39-59-57-25-15-16-26-62(57)67(64(59)45-52)41-17-8-18-42-67/h5-7,9-16,19-40,43-46H,3-4,8,17-18,41-42H2,1-2H3/b28-27+. The molecule has 1 fully saturated rings. The molecule has 0 heterocycles. The van der Waals surface area contributed by atoms with E-state index in [1.165, 1.54) is 121 Å². The van der Waals surface area contributed by atoms with Crippen LogP contribution >= 0.6 is 0 Å². The summed E-state index contributed by atoms with van der Waals surface area (Å²) in [7, 11) is 0. The minimum absolute atomic E-state index is 0.0724. The van der Waals surface area contributed by atoms with Crippen molar-refractivity contribution in [3.05, 3.63) is 246 Å². The van der Waals surface area contributed by atoms with Crippen LogP contribution in [0.1, 0.15) is 92.2 Å². The summed E-state index contributed by atoms with van der Waals surface area (Å²) in [4.78, 5) is 2.39. The molecular weight excluding hydrogens is 819 g/mol. The molecule has 0 bridgehead atoms. The second kappa shape index (κ2) is 17.3. The minimum Gasteiger partial charge on any atom is -0.310 e. The Hall–Kier alpha value is -7.48. The van der Waals surface area contributed by atoms with Gasteiger partial charge in [0.15, 0.2) is 0 Å². The van der Waals surface area contributed by atoms with Crippen molar-refractivity contribution in [3.63, 3.8) is 0 Å². The Labute approximate surface area is 403 Å². The molecule has 68 heavy (non-hydrogen) atoms. The van der Waals surface area contributed by atoms with Crippen LogP contribution in [0.2, 0.25) is 0 Å². The fourth-order valence-electron chi connectivity index (χ4n) is 12.5. The van der Waals surface area contributed by atoms with E-state index in [9.17, 15) is 0 Å². The van der Waals surface area contributed by atoms with Crippen LogP contribution in [0.25, 0.3) is 67.8 Å². The van der Waals surface area contributed by atoms with E-state index in [-0.39, 0.29) is 10.8 Å². The molecule has 3 aliphatic carbocycles. The lowest BCUT2D eigenvalue weighted by molar-refractivity contribution is 0.353. The quantitative estimate of drug-likeness (QED) is 0.124. The highest BCUT2D eigenvalue weighted by atomic mass is 15.1.